The molecule has 18 heavy (non-hydrogen) atoms. The van der Waals surface area contributed by atoms with Crippen LogP contribution in [0.4, 0.5) is 5.69 Å². The molecule has 0 aliphatic carbocycles. The van der Waals surface area contributed by atoms with Gasteiger partial charge in [-0.15, -0.1) is 0 Å². The molecule has 0 heterocycles. The van der Waals surface area contributed by atoms with Gasteiger partial charge >= 0.3 is 0 Å². The Morgan fingerprint density at radius 3 is 2.72 bits per heavy atom. The molecule has 1 aromatic rings. The first-order chi connectivity index (χ1) is 8.45. The van der Waals surface area contributed by atoms with E-state index in [1.54, 1.807) is 18.2 Å². The lowest BCUT2D eigenvalue weighted by Gasteiger charge is -2.15. The fourth-order valence-corrected chi connectivity index (χ4v) is 1.39. The topological polar surface area (TPSA) is 84.6 Å². The average Bonchev–Trinajstić information content (AvgIpc) is 2.35. The number of rotatable bonds is 5. The van der Waals surface area contributed by atoms with Crippen LogP contribution in [0.1, 0.15) is 24.2 Å². The molecule has 4 N–H and O–H groups in total. The molecule has 5 nitrogen and oxygen atoms in total. The summed E-state index contributed by atoms with van der Waals surface area (Å²) in [7, 11) is 1.50. The molecule has 0 fully saturated rings. The molecule has 1 amide bonds. The number of methoxy groups -OCH3 is 1. The van der Waals surface area contributed by atoms with E-state index in [4.69, 9.17) is 10.5 Å². The highest BCUT2D eigenvalue weighted by molar-refractivity contribution is 5.95. The van der Waals surface area contributed by atoms with Gasteiger partial charge in [0.05, 0.1) is 18.9 Å². The smallest absolute Gasteiger partial charge is 0.251 e. The van der Waals surface area contributed by atoms with Crippen LogP contribution in [0.15, 0.2) is 18.2 Å². The number of ether oxygens (including phenoxy) is 1. The summed E-state index contributed by atoms with van der Waals surface area (Å²) in [6.07, 6.45) is -0.551. The van der Waals surface area contributed by atoms with Crippen molar-refractivity contribution in [2.45, 2.75) is 20.0 Å². The number of carbonyl (C=O) groups excluding carboxylic acids is 1. The summed E-state index contributed by atoms with van der Waals surface area (Å²) in [6, 6.07) is 4.81. The van der Waals surface area contributed by atoms with Crippen LogP contribution in [0.3, 0.4) is 0 Å². The van der Waals surface area contributed by atoms with E-state index in [0.717, 1.165) is 0 Å². The predicted octanol–water partition coefficient (Wildman–Crippen LogP) is 1.02. The molecule has 1 rings (SSSR count). The average molecular weight is 252 g/mol. The van der Waals surface area contributed by atoms with Crippen molar-refractivity contribution >= 4 is 11.6 Å². The number of aliphatic hydroxyl groups excluding tert-OH is 1. The maximum absolute atomic E-state index is 11.8. The number of hydrogen-bond acceptors (Lipinski definition) is 4. The van der Waals surface area contributed by atoms with Gasteiger partial charge in [0, 0.05) is 12.1 Å². The molecule has 1 aromatic carbocycles. The van der Waals surface area contributed by atoms with Crippen molar-refractivity contribution in [3.63, 3.8) is 0 Å². The minimum Gasteiger partial charge on any atom is -0.495 e. The molecule has 0 aliphatic heterocycles. The summed E-state index contributed by atoms with van der Waals surface area (Å²) in [5.74, 6) is 0.311. The third kappa shape index (κ3) is 3.63. The molecule has 0 aliphatic rings. The highest BCUT2D eigenvalue weighted by Gasteiger charge is 2.13. The number of carbonyl (C=O) groups is 1. The van der Waals surface area contributed by atoms with Crippen molar-refractivity contribution in [1.29, 1.82) is 0 Å². The number of benzene rings is 1. The van der Waals surface area contributed by atoms with Gasteiger partial charge in [-0.1, -0.05) is 13.8 Å². The zero-order chi connectivity index (χ0) is 13.7. The number of aliphatic hydroxyl groups is 1. The van der Waals surface area contributed by atoms with Gasteiger partial charge in [0.15, 0.2) is 0 Å². The number of nitrogens with one attached hydrogen (secondary N) is 1. The zero-order valence-electron chi connectivity index (χ0n) is 10.9. The van der Waals surface area contributed by atoms with Crippen LogP contribution in [0.25, 0.3) is 0 Å². The third-order valence-electron chi connectivity index (χ3n) is 2.74. The van der Waals surface area contributed by atoms with Crippen LogP contribution in [0, 0.1) is 5.92 Å². The Bertz CT molecular complexity index is 419. The first-order valence-electron chi connectivity index (χ1n) is 5.85. The maximum Gasteiger partial charge on any atom is 0.251 e. The minimum absolute atomic E-state index is 0.103. The number of nitrogens with two attached hydrogens (primary N) is 1. The molecule has 0 saturated heterocycles. The summed E-state index contributed by atoms with van der Waals surface area (Å²) in [4.78, 5) is 11.8. The van der Waals surface area contributed by atoms with Gasteiger partial charge < -0.3 is 20.9 Å². The summed E-state index contributed by atoms with van der Waals surface area (Å²) < 4.78 is 5.05. The van der Waals surface area contributed by atoms with E-state index in [2.05, 4.69) is 5.32 Å². The van der Waals surface area contributed by atoms with E-state index in [0.29, 0.717) is 17.0 Å². The Kier molecular flexibility index (Phi) is 4.97. The lowest BCUT2D eigenvalue weighted by Crippen LogP contribution is -2.34. The predicted molar refractivity (Wildman–Crippen MR) is 70.6 cm³/mol. The standard InChI is InChI=1S/C13H20N2O3/c1-8(2)11(16)7-15-13(17)9-4-5-10(14)12(6-9)18-3/h4-6,8,11,16H,7,14H2,1-3H3,(H,15,17). The van der Waals surface area contributed by atoms with Crippen molar-refractivity contribution in [1.82, 2.24) is 5.32 Å². The van der Waals surface area contributed by atoms with Gasteiger partial charge in [0.1, 0.15) is 5.75 Å². The molecule has 1 atom stereocenters. The lowest BCUT2D eigenvalue weighted by molar-refractivity contribution is 0.0871. The van der Waals surface area contributed by atoms with E-state index >= 15 is 0 Å². The quantitative estimate of drug-likeness (QED) is 0.683. The van der Waals surface area contributed by atoms with Crippen LogP contribution in [-0.4, -0.2) is 30.8 Å². The van der Waals surface area contributed by atoms with Gasteiger partial charge in [0.25, 0.3) is 5.91 Å². The molecule has 5 heteroatoms. The van der Waals surface area contributed by atoms with E-state index < -0.39 is 6.10 Å². The number of anilines is 1. The summed E-state index contributed by atoms with van der Waals surface area (Å²) in [6.45, 7) is 4.01. The monoisotopic (exact) mass is 252 g/mol. The highest BCUT2D eigenvalue weighted by atomic mass is 16.5. The van der Waals surface area contributed by atoms with Crippen molar-refractivity contribution in [2.75, 3.05) is 19.4 Å². The number of nitrogen functional groups attached to an aromatic ring is 1. The molecule has 0 saturated carbocycles. The molecule has 0 bridgehead atoms. The second-order valence-corrected chi connectivity index (χ2v) is 4.48. The fourth-order valence-electron chi connectivity index (χ4n) is 1.39. The van der Waals surface area contributed by atoms with Gasteiger partial charge in [-0.2, -0.15) is 0 Å². The van der Waals surface area contributed by atoms with Crippen LogP contribution >= 0.6 is 0 Å². The van der Waals surface area contributed by atoms with Gasteiger partial charge in [-0.25, -0.2) is 0 Å². The summed E-state index contributed by atoms with van der Waals surface area (Å²) >= 11 is 0. The van der Waals surface area contributed by atoms with Crippen molar-refractivity contribution in [2.24, 2.45) is 5.92 Å². The highest BCUT2D eigenvalue weighted by Crippen LogP contribution is 2.21. The zero-order valence-corrected chi connectivity index (χ0v) is 10.9. The molecular weight excluding hydrogens is 232 g/mol. The van der Waals surface area contributed by atoms with E-state index in [-0.39, 0.29) is 18.4 Å². The Hall–Kier alpha value is -1.75. The fraction of sp³-hybridized carbons (Fsp3) is 0.462. The first-order valence-corrected chi connectivity index (χ1v) is 5.85. The molecule has 1 unspecified atom stereocenters. The van der Waals surface area contributed by atoms with Crippen LogP contribution in [-0.2, 0) is 0 Å². The number of hydrogen-bond donors (Lipinski definition) is 3. The van der Waals surface area contributed by atoms with E-state index in [1.807, 2.05) is 13.8 Å². The van der Waals surface area contributed by atoms with E-state index in [9.17, 15) is 9.90 Å². The molecule has 0 radical (unpaired) electrons. The van der Waals surface area contributed by atoms with Crippen molar-refractivity contribution in [3.8, 4) is 5.75 Å². The maximum atomic E-state index is 11.8. The van der Waals surface area contributed by atoms with Crippen molar-refractivity contribution in [3.05, 3.63) is 23.8 Å². The minimum atomic E-state index is -0.551. The molecule has 0 spiro atoms. The Labute approximate surface area is 107 Å². The Balaban J connectivity index is 2.67. The molecular formula is C13H20N2O3. The SMILES string of the molecule is COc1cc(C(=O)NCC(O)C(C)C)ccc1N. The van der Waals surface area contributed by atoms with Gasteiger partial charge in [-0.3, -0.25) is 4.79 Å². The van der Waals surface area contributed by atoms with Crippen LogP contribution in [0.2, 0.25) is 0 Å². The lowest BCUT2D eigenvalue weighted by atomic mass is 10.1. The molecule has 100 valence electrons. The largest absolute Gasteiger partial charge is 0.495 e. The van der Waals surface area contributed by atoms with Gasteiger partial charge in [-0.05, 0) is 24.1 Å². The Morgan fingerprint density at radius 1 is 1.50 bits per heavy atom. The van der Waals surface area contributed by atoms with Crippen LogP contribution < -0.4 is 15.8 Å². The Morgan fingerprint density at radius 2 is 2.17 bits per heavy atom. The first kappa shape index (κ1) is 14.3. The van der Waals surface area contributed by atoms with E-state index in [1.165, 1.54) is 7.11 Å². The summed E-state index contributed by atoms with van der Waals surface area (Å²) in [5.41, 5.74) is 6.60. The van der Waals surface area contributed by atoms with Gasteiger partial charge in [0.2, 0.25) is 0 Å². The molecule has 0 aromatic heterocycles. The summed E-state index contributed by atoms with van der Waals surface area (Å²) in [5, 5.41) is 12.3. The normalized spacial score (nSPS) is 12.3. The second kappa shape index (κ2) is 6.26. The third-order valence-corrected chi connectivity index (χ3v) is 2.74. The number of amides is 1. The second-order valence-electron chi connectivity index (χ2n) is 4.48. The van der Waals surface area contributed by atoms with Crippen LogP contribution in [0.5, 0.6) is 5.75 Å². The van der Waals surface area contributed by atoms with Crippen molar-refractivity contribution < 1.29 is 14.6 Å².